The van der Waals surface area contributed by atoms with E-state index >= 15 is 0 Å². The van der Waals surface area contributed by atoms with Crippen LogP contribution in [0.5, 0.6) is 0 Å². The van der Waals surface area contributed by atoms with Crippen LogP contribution in [0.3, 0.4) is 0 Å². The molecule has 2 saturated heterocycles. The lowest BCUT2D eigenvalue weighted by molar-refractivity contribution is 0.0274. The minimum Gasteiger partial charge on any atom is -0.379 e. The Kier molecular flexibility index (Phi) is 17.2. The van der Waals surface area contributed by atoms with E-state index in [1.807, 2.05) is 12.1 Å². The number of nitrogens with zero attached hydrogens (tertiary/aromatic N) is 6. The van der Waals surface area contributed by atoms with Gasteiger partial charge in [-0.2, -0.15) is 33.7 Å². The van der Waals surface area contributed by atoms with Gasteiger partial charge in [0.25, 0.3) is 0 Å². The lowest BCUT2D eigenvalue weighted by atomic mass is 9.94. The van der Waals surface area contributed by atoms with Crippen molar-refractivity contribution in [1.29, 1.82) is 0 Å². The van der Waals surface area contributed by atoms with Gasteiger partial charge in [-0.05, 0) is 97.5 Å². The second-order valence-electron chi connectivity index (χ2n) is 18.1. The molecule has 0 aliphatic carbocycles. The Bertz CT molecular complexity index is 3060. The number of nitrogens with one attached hydrogen (secondary N) is 2. The second-order valence-corrected chi connectivity index (χ2v) is 23.3. The summed E-state index contributed by atoms with van der Waals surface area (Å²) >= 11 is 3.29. The molecule has 0 spiro atoms. The number of morpholine rings is 1. The van der Waals surface area contributed by atoms with Crippen molar-refractivity contribution in [2.24, 2.45) is 0 Å². The van der Waals surface area contributed by atoms with Crippen molar-refractivity contribution in [3.05, 3.63) is 176 Å². The maximum Gasteiger partial charge on any atom is 0.246 e. The summed E-state index contributed by atoms with van der Waals surface area (Å²) in [5.41, 5.74) is 5.44. The normalized spacial score (nSPS) is 18.8. The number of thioether (sulfide) groups is 2. The molecule has 392 valence electrons. The van der Waals surface area contributed by atoms with Crippen LogP contribution in [0, 0.1) is 34.9 Å². The van der Waals surface area contributed by atoms with Crippen LogP contribution < -0.4 is 9.66 Å². The molecule has 0 bridgehead atoms. The lowest BCUT2D eigenvalue weighted by Crippen LogP contribution is -2.47. The summed E-state index contributed by atoms with van der Waals surface area (Å²) in [4.78, 5) is 5.10. The third-order valence-electron chi connectivity index (χ3n) is 12.7. The topological polar surface area (TPSA) is 144 Å². The van der Waals surface area contributed by atoms with E-state index in [4.69, 9.17) is 4.74 Å². The van der Waals surface area contributed by atoms with Crippen LogP contribution in [0.25, 0.3) is 23.5 Å². The number of sulfonamides is 2. The van der Waals surface area contributed by atoms with Crippen LogP contribution in [0.15, 0.2) is 95.7 Å². The Morgan fingerprint density at radius 1 is 0.568 bits per heavy atom. The Morgan fingerprint density at radius 2 is 1.00 bits per heavy atom. The first-order valence-electron chi connectivity index (χ1n) is 23.9. The van der Waals surface area contributed by atoms with Crippen molar-refractivity contribution in [3.63, 3.8) is 0 Å². The first kappa shape index (κ1) is 53.6. The average Bonchev–Trinajstić information content (AvgIpc) is 3.93. The van der Waals surface area contributed by atoms with Gasteiger partial charge in [-0.3, -0.25) is 0 Å². The Balaban J connectivity index is 0.000000182. The molecule has 2 unspecified atom stereocenters. The molecule has 0 saturated carbocycles. The molecule has 23 heteroatoms. The van der Waals surface area contributed by atoms with Crippen molar-refractivity contribution in [1.82, 2.24) is 39.2 Å². The maximum atomic E-state index is 14.9. The van der Waals surface area contributed by atoms with Gasteiger partial charge in [0.05, 0.1) is 36.0 Å². The maximum absolute atomic E-state index is 14.9. The summed E-state index contributed by atoms with van der Waals surface area (Å²) in [5.74, 6) is -1.50. The molecule has 2 aromatic heterocycles. The van der Waals surface area contributed by atoms with Crippen LogP contribution >= 0.6 is 23.5 Å². The molecule has 4 aromatic carbocycles. The van der Waals surface area contributed by atoms with E-state index in [2.05, 4.69) is 19.9 Å². The third-order valence-corrected chi connectivity index (χ3v) is 17.0. The third kappa shape index (κ3) is 13.4. The average molecular weight is 1100 g/mol. The van der Waals surface area contributed by atoms with Crippen LogP contribution in [-0.2, 0) is 49.1 Å². The number of halogens is 6. The van der Waals surface area contributed by atoms with Gasteiger partial charge in [0.2, 0.25) is 20.0 Å². The van der Waals surface area contributed by atoms with Crippen molar-refractivity contribution in [2.45, 2.75) is 55.4 Å². The molecule has 6 aromatic rings. The van der Waals surface area contributed by atoms with Crippen LogP contribution in [0.2, 0.25) is 0 Å². The van der Waals surface area contributed by atoms with Crippen molar-refractivity contribution < 1.29 is 47.9 Å². The zero-order chi connectivity index (χ0) is 52.0. The van der Waals surface area contributed by atoms with Crippen molar-refractivity contribution in [3.8, 4) is 11.4 Å². The standard InChI is InChI=1S/C26H27F3N4O2S2.C25H25F3N4O3S2/c27-20-6-4-5-18(14-20)13-19-16-36-17-22-24(9-12-37(34,35)31-32-10-2-1-3-11-32)30-33(26(19)22)25-8-7-21(28)15-23(25)29;26-19-3-1-2-17(13-19)12-18-15-36-16-21-23(6-11-37(33,34)30-31-7-9-35-10-8-31)29-32(25(18)21)24-5-4-20(27)14-22(24)28/h4-9,12,14-15,19,31H,1-3,10-11,13,16-17H2;1-6,11,13-14,18,30H,7-10,12,15-16H2/b12-9+;11-6+. The largest absolute Gasteiger partial charge is 0.379 e. The highest BCUT2D eigenvalue weighted by atomic mass is 32.2. The van der Waals surface area contributed by atoms with Crippen molar-refractivity contribution >= 4 is 55.7 Å². The number of fused-ring (bicyclic) bond motifs is 2. The van der Waals surface area contributed by atoms with Crippen molar-refractivity contribution in [2.75, 3.05) is 50.9 Å². The Morgan fingerprint density at radius 3 is 1.43 bits per heavy atom. The molecule has 2 fully saturated rings. The Hall–Kier alpha value is -5.24. The number of hydrazine groups is 2. The lowest BCUT2D eigenvalue weighted by Gasteiger charge is -2.26. The van der Waals surface area contributed by atoms with Gasteiger partial charge in [-0.1, -0.05) is 30.7 Å². The summed E-state index contributed by atoms with van der Waals surface area (Å²) < 4.78 is 144. The van der Waals surface area contributed by atoms with Crippen LogP contribution in [-0.4, -0.2) is 97.3 Å². The highest BCUT2D eigenvalue weighted by Crippen LogP contribution is 2.41. The predicted molar refractivity (Wildman–Crippen MR) is 275 cm³/mol. The first-order chi connectivity index (χ1) is 35.6. The molecule has 10 rings (SSSR count). The summed E-state index contributed by atoms with van der Waals surface area (Å²) in [6.45, 7) is 3.02. The number of hydrogen-bond acceptors (Lipinski definition) is 11. The van der Waals surface area contributed by atoms with Gasteiger partial charge in [0, 0.05) is 95.1 Å². The molecule has 2 N–H and O–H groups in total. The van der Waals surface area contributed by atoms with Gasteiger partial charge in [0.15, 0.2) is 11.6 Å². The summed E-state index contributed by atoms with van der Waals surface area (Å²) in [5, 5.41) is 14.5. The summed E-state index contributed by atoms with van der Waals surface area (Å²) in [6, 6.07) is 19.1. The molecule has 13 nitrogen and oxygen atoms in total. The number of hydrogen-bond donors (Lipinski definition) is 2. The van der Waals surface area contributed by atoms with E-state index in [-0.39, 0.29) is 34.8 Å². The number of ether oxygens (including phenoxy) is 1. The van der Waals surface area contributed by atoms with E-state index in [0.717, 1.165) is 82.3 Å². The molecule has 0 radical (unpaired) electrons. The molecular weight excluding hydrogens is 1050 g/mol. The molecule has 4 aliphatic rings. The SMILES string of the molecule is O=S(=O)(/C=C/c1nn(-c2ccc(F)cc2F)c2c1CSCC2Cc1cccc(F)c1)NN1CCCCC1.O=S(=O)(/C=C/c1nn(-c2ccc(F)cc2F)c2c1CSCC2Cc1cccc(F)c1)NN1CCOCC1. The fourth-order valence-electron chi connectivity index (χ4n) is 9.38. The quantitative estimate of drug-likeness (QED) is 0.101. The predicted octanol–water partition coefficient (Wildman–Crippen LogP) is 9.15. The van der Waals surface area contributed by atoms with E-state index in [0.29, 0.717) is 92.3 Å². The van der Waals surface area contributed by atoms with E-state index in [1.165, 1.54) is 57.9 Å². The molecular formula is C51H52F6N8O5S4. The summed E-state index contributed by atoms with van der Waals surface area (Å²) in [6.07, 6.45) is 6.72. The molecule has 0 amide bonds. The number of piperidine rings is 1. The van der Waals surface area contributed by atoms with Gasteiger partial charge >= 0.3 is 0 Å². The highest BCUT2D eigenvalue weighted by Gasteiger charge is 2.32. The zero-order valence-corrected chi connectivity index (χ0v) is 43.0. The second kappa shape index (κ2) is 23.8. The number of aromatic nitrogens is 4. The van der Waals surface area contributed by atoms with E-state index < -0.39 is 43.3 Å². The minimum absolute atomic E-state index is 0.0581. The van der Waals surface area contributed by atoms with Gasteiger partial charge in [-0.15, -0.1) is 9.66 Å². The van der Waals surface area contributed by atoms with E-state index in [1.54, 1.807) is 45.7 Å². The van der Waals surface area contributed by atoms with Gasteiger partial charge in [0.1, 0.15) is 34.6 Å². The smallest absolute Gasteiger partial charge is 0.246 e. The first-order valence-corrected chi connectivity index (χ1v) is 29.3. The number of rotatable bonds is 14. The highest BCUT2D eigenvalue weighted by molar-refractivity contribution is 7.98. The van der Waals surface area contributed by atoms with Crippen LogP contribution in [0.1, 0.15) is 76.1 Å². The monoisotopic (exact) mass is 1100 g/mol. The molecule has 2 atom stereocenters. The van der Waals surface area contributed by atoms with E-state index in [9.17, 15) is 43.2 Å². The van der Waals surface area contributed by atoms with Crippen LogP contribution in [0.4, 0.5) is 26.3 Å². The van der Waals surface area contributed by atoms with Gasteiger partial charge in [-0.25, -0.2) is 62.6 Å². The Labute approximate surface area is 434 Å². The number of benzene rings is 4. The summed E-state index contributed by atoms with van der Waals surface area (Å²) in [7, 11) is -7.59. The fraction of sp³-hybridized carbons (Fsp3) is 0.333. The minimum atomic E-state index is -3.82. The molecule has 6 heterocycles. The fourth-order valence-corrected chi connectivity index (χ4v) is 13.6. The van der Waals surface area contributed by atoms with Gasteiger partial charge < -0.3 is 4.74 Å². The molecule has 74 heavy (non-hydrogen) atoms. The zero-order valence-electron chi connectivity index (χ0n) is 39.8. The molecule has 4 aliphatic heterocycles.